The molecule has 0 heterocycles. The Morgan fingerprint density at radius 3 is 2.65 bits per heavy atom. The minimum absolute atomic E-state index is 0.129. The van der Waals surface area contributed by atoms with E-state index in [2.05, 4.69) is 10.4 Å². The third kappa shape index (κ3) is 5.97. The van der Waals surface area contributed by atoms with Crippen LogP contribution in [-0.4, -0.2) is 31.9 Å². The molecule has 0 spiro atoms. The average molecular weight is 376 g/mol. The lowest BCUT2D eigenvalue weighted by molar-refractivity contribution is -0.123. The number of nitrogens with one attached hydrogen (secondary N) is 1. The Hall–Kier alpha value is -2.73. The van der Waals surface area contributed by atoms with Crippen LogP contribution < -0.4 is 20.6 Å². The van der Waals surface area contributed by atoms with Gasteiger partial charge in [0.25, 0.3) is 5.91 Å². The van der Waals surface area contributed by atoms with Gasteiger partial charge in [0.05, 0.1) is 17.8 Å². The largest absolute Gasteiger partial charge is 0.490 e. The molecule has 2 aromatic rings. The van der Waals surface area contributed by atoms with E-state index in [1.807, 2.05) is 37.3 Å². The van der Waals surface area contributed by atoms with Gasteiger partial charge in [-0.1, -0.05) is 41.9 Å². The summed E-state index contributed by atoms with van der Waals surface area (Å²) >= 11 is 6.16. The predicted octanol–water partition coefficient (Wildman–Crippen LogP) is 2.77. The molecule has 0 saturated carbocycles. The third-order valence-electron chi connectivity index (χ3n) is 3.51. The van der Waals surface area contributed by atoms with E-state index in [0.717, 1.165) is 12.0 Å². The van der Waals surface area contributed by atoms with Gasteiger partial charge in [-0.15, -0.1) is 0 Å². The summed E-state index contributed by atoms with van der Waals surface area (Å²) in [5.74, 6) is 5.82. The molecule has 138 valence electrons. The highest BCUT2D eigenvalue weighted by Gasteiger charge is 2.12. The number of benzene rings is 2. The maximum Gasteiger partial charge on any atom is 0.257 e. The van der Waals surface area contributed by atoms with Crippen LogP contribution in [0.5, 0.6) is 11.5 Å². The highest BCUT2D eigenvalue weighted by Crippen LogP contribution is 2.33. The van der Waals surface area contributed by atoms with Crippen LogP contribution in [0.15, 0.2) is 47.6 Å². The molecule has 0 radical (unpaired) electrons. The van der Waals surface area contributed by atoms with Crippen LogP contribution >= 0.6 is 11.6 Å². The number of hydrazone groups is 1. The quantitative estimate of drug-likeness (QED) is 0.401. The Labute approximate surface area is 157 Å². The molecule has 0 bridgehead atoms. The summed E-state index contributed by atoms with van der Waals surface area (Å²) in [7, 11) is 0. The number of carbonyl (C=O) groups is 1. The number of amides is 1. The third-order valence-corrected chi connectivity index (χ3v) is 3.84. The summed E-state index contributed by atoms with van der Waals surface area (Å²) < 4.78 is 11.1. The fraction of sp³-hybridized carbons (Fsp3) is 0.263. The van der Waals surface area contributed by atoms with E-state index in [-0.39, 0.29) is 12.5 Å². The second kappa shape index (κ2) is 10.3. The molecule has 0 unspecified atom stereocenters. The van der Waals surface area contributed by atoms with Crippen molar-refractivity contribution in [2.75, 3.05) is 19.8 Å². The molecule has 0 aliphatic rings. The van der Waals surface area contributed by atoms with Gasteiger partial charge in [-0.2, -0.15) is 5.10 Å². The van der Waals surface area contributed by atoms with Crippen LogP contribution in [0, 0.1) is 0 Å². The molecule has 6 nitrogen and oxygen atoms in total. The van der Waals surface area contributed by atoms with E-state index in [4.69, 9.17) is 26.9 Å². The first kappa shape index (κ1) is 19.6. The number of ether oxygens (including phenoxy) is 2. The number of nitrogens with zero attached hydrogens (tertiary/aromatic N) is 1. The minimum Gasteiger partial charge on any atom is -0.490 e. The molecule has 26 heavy (non-hydrogen) atoms. The first-order valence-corrected chi connectivity index (χ1v) is 8.64. The van der Waals surface area contributed by atoms with E-state index >= 15 is 0 Å². The summed E-state index contributed by atoms with van der Waals surface area (Å²) in [5.41, 5.74) is 1.77. The summed E-state index contributed by atoms with van der Waals surface area (Å²) in [6.07, 6.45) is 2.18. The lowest BCUT2D eigenvalue weighted by Gasteiger charge is -2.13. The SMILES string of the molecule is CCOc1cc(C=NN)c(Cl)cc1OCC(=O)NCCc1ccccc1. The van der Waals surface area contributed by atoms with Gasteiger partial charge in [-0.3, -0.25) is 4.79 Å². The zero-order chi connectivity index (χ0) is 18.8. The Morgan fingerprint density at radius 1 is 1.23 bits per heavy atom. The number of nitrogens with two attached hydrogens (primary N) is 1. The van der Waals surface area contributed by atoms with Gasteiger partial charge in [0.1, 0.15) is 0 Å². The van der Waals surface area contributed by atoms with E-state index in [9.17, 15) is 4.79 Å². The van der Waals surface area contributed by atoms with Gasteiger partial charge in [-0.25, -0.2) is 0 Å². The van der Waals surface area contributed by atoms with Crippen LogP contribution in [0.1, 0.15) is 18.1 Å². The van der Waals surface area contributed by atoms with Gasteiger partial charge in [0.15, 0.2) is 18.1 Å². The second-order valence-electron chi connectivity index (χ2n) is 5.41. The molecule has 0 aliphatic carbocycles. The molecule has 0 aromatic heterocycles. The van der Waals surface area contributed by atoms with E-state index < -0.39 is 0 Å². The number of hydrogen-bond donors (Lipinski definition) is 2. The van der Waals surface area contributed by atoms with Gasteiger partial charge in [-0.05, 0) is 25.0 Å². The Kier molecular flexibility index (Phi) is 7.76. The molecular weight excluding hydrogens is 354 g/mol. The van der Waals surface area contributed by atoms with E-state index in [0.29, 0.717) is 35.2 Å². The van der Waals surface area contributed by atoms with Crippen molar-refractivity contribution in [1.82, 2.24) is 5.32 Å². The zero-order valence-electron chi connectivity index (χ0n) is 14.6. The molecule has 1 amide bonds. The molecule has 7 heteroatoms. The number of carbonyl (C=O) groups excluding carboxylic acids is 1. The second-order valence-corrected chi connectivity index (χ2v) is 5.81. The van der Waals surface area contributed by atoms with Crippen molar-refractivity contribution < 1.29 is 14.3 Å². The molecular formula is C19H22ClN3O3. The molecule has 2 aromatic carbocycles. The summed E-state index contributed by atoms with van der Waals surface area (Å²) in [4.78, 5) is 12.0. The van der Waals surface area contributed by atoms with Crippen molar-refractivity contribution in [3.63, 3.8) is 0 Å². The molecule has 0 aliphatic heterocycles. The van der Waals surface area contributed by atoms with Crippen LogP contribution in [0.2, 0.25) is 5.02 Å². The normalized spacial score (nSPS) is 10.7. The van der Waals surface area contributed by atoms with Gasteiger partial charge in [0, 0.05) is 18.2 Å². The molecule has 0 saturated heterocycles. The summed E-state index contributed by atoms with van der Waals surface area (Å²) in [5, 5.41) is 6.69. The topological polar surface area (TPSA) is 85.9 Å². The van der Waals surface area contributed by atoms with E-state index in [1.54, 1.807) is 12.1 Å². The van der Waals surface area contributed by atoms with Crippen molar-refractivity contribution in [2.24, 2.45) is 10.9 Å². The van der Waals surface area contributed by atoms with Crippen molar-refractivity contribution in [3.8, 4) is 11.5 Å². The zero-order valence-corrected chi connectivity index (χ0v) is 15.3. The van der Waals surface area contributed by atoms with Crippen molar-refractivity contribution in [1.29, 1.82) is 0 Å². The maximum absolute atomic E-state index is 12.0. The van der Waals surface area contributed by atoms with Crippen LogP contribution in [-0.2, 0) is 11.2 Å². The highest BCUT2D eigenvalue weighted by molar-refractivity contribution is 6.33. The van der Waals surface area contributed by atoms with Crippen LogP contribution in [0.4, 0.5) is 0 Å². The average Bonchev–Trinajstić information content (AvgIpc) is 2.64. The van der Waals surface area contributed by atoms with Crippen LogP contribution in [0.3, 0.4) is 0 Å². The smallest absolute Gasteiger partial charge is 0.257 e. The minimum atomic E-state index is -0.216. The molecule has 3 N–H and O–H groups in total. The Bertz CT molecular complexity index is 751. The van der Waals surface area contributed by atoms with Crippen molar-refractivity contribution >= 4 is 23.7 Å². The summed E-state index contributed by atoms with van der Waals surface area (Å²) in [6.45, 7) is 2.71. The van der Waals surface area contributed by atoms with Crippen molar-refractivity contribution in [2.45, 2.75) is 13.3 Å². The number of halogens is 1. The van der Waals surface area contributed by atoms with Gasteiger partial charge >= 0.3 is 0 Å². The van der Waals surface area contributed by atoms with E-state index in [1.165, 1.54) is 6.21 Å². The standard InChI is InChI=1S/C19H22ClN3O3/c1-2-25-17-10-15(12-23-21)16(20)11-18(17)26-13-19(24)22-9-8-14-6-4-3-5-7-14/h3-7,10-12H,2,8-9,13,21H2,1H3,(H,22,24). The monoisotopic (exact) mass is 375 g/mol. The predicted molar refractivity (Wildman–Crippen MR) is 103 cm³/mol. The molecule has 2 rings (SSSR count). The number of rotatable bonds is 9. The first-order chi connectivity index (χ1) is 12.6. The fourth-order valence-electron chi connectivity index (χ4n) is 2.30. The van der Waals surface area contributed by atoms with Gasteiger partial charge < -0.3 is 20.6 Å². The molecule has 0 atom stereocenters. The maximum atomic E-state index is 12.0. The first-order valence-electron chi connectivity index (χ1n) is 8.27. The van der Waals surface area contributed by atoms with Crippen LogP contribution in [0.25, 0.3) is 0 Å². The Balaban J connectivity index is 1.90. The summed E-state index contributed by atoms with van der Waals surface area (Å²) in [6, 6.07) is 13.2. The van der Waals surface area contributed by atoms with Gasteiger partial charge in [0.2, 0.25) is 0 Å². The lowest BCUT2D eigenvalue weighted by Crippen LogP contribution is -2.30. The molecule has 0 fully saturated rings. The highest BCUT2D eigenvalue weighted by atomic mass is 35.5. The lowest BCUT2D eigenvalue weighted by atomic mass is 10.1. The fourth-order valence-corrected chi connectivity index (χ4v) is 2.50. The van der Waals surface area contributed by atoms with Crippen molar-refractivity contribution in [3.05, 3.63) is 58.6 Å². The number of hydrogen-bond acceptors (Lipinski definition) is 5. The Morgan fingerprint density at radius 2 is 1.96 bits per heavy atom.